The van der Waals surface area contributed by atoms with Crippen molar-refractivity contribution in [3.05, 3.63) is 23.5 Å². The highest BCUT2D eigenvalue weighted by atomic mass is 16.4. The fourth-order valence-electron chi connectivity index (χ4n) is 3.56. The first-order chi connectivity index (χ1) is 11.8. The molecule has 0 saturated carbocycles. The average molecular weight is 344 g/mol. The third kappa shape index (κ3) is 3.23. The van der Waals surface area contributed by atoms with E-state index in [1.54, 1.807) is 21.8 Å². The molecule has 7 heteroatoms. The Labute approximate surface area is 146 Å². The van der Waals surface area contributed by atoms with Gasteiger partial charge in [-0.2, -0.15) is 5.10 Å². The van der Waals surface area contributed by atoms with Crippen LogP contribution in [-0.2, 0) is 4.79 Å². The van der Waals surface area contributed by atoms with Gasteiger partial charge >= 0.3 is 5.97 Å². The van der Waals surface area contributed by atoms with E-state index in [2.05, 4.69) is 10.1 Å². The van der Waals surface area contributed by atoms with Crippen LogP contribution in [0.1, 0.15) is 49.3 Å². The van der Waals surface area contributed by atoms with E-state index in [0.717, 1.165) is 11.1 Å². The number of rotatable bonds is 3. The summed E-state index contributed by atoms with van der Waals surface area (Å²) >= 11 is 0. The van der Waals surface area contributed by atoms with Crippen LogP contribution in [0, 0.1) is 18.8 Å². The molecule has 2 atom stereocenters. The van der Waals surface area contributed by atoms with E-state index in [9.17, 15) is 14.7 Å². The van der Waals surface area contributed by atoms with E-state index in [0.29, 0.717) is 24.2 Å². The van der Waals surface area contributed by atoms with Gasteiger partial charge in [-0.05, 0) is 39.2 Å². The number of carbonyl (C=O) groups excluding carboxylic acids is 1. The summed E-state index contributed by atoms with van der Waals surface area (Å²) < 4.78 is 1.80. The summed E-state index contributed by atoms with van der Waals surface area (Å²) in [5.74, 6) is -1.33. The Kier molecular flexibility index (Phi) is 4.49. The Hall–Kier alpha value is -2.44. The van der Waals surface area contributed by atoms with Crippen molar-refractivity contribution < 1.29 is 14.7 Å². The van der Waals surface area contributed by atoms with Crippen LogP contribution in [0.15, 0.2) is 12.3 Å². The highest BCUT2D eigenvalue weighted by molar-refractivity contribution is 6.05. The molecule has 7 nitrogen and oxygen atoms in total. The minimum Gasteiger partial charge on any atom is -0.481 e. The van der Waals surface area contributed by atoms with Crippen molar-refractivity contribution in [3.8, 4) is 0 Å². The van der Waals surface area contributed by atoms with E-state index in [4.69, 9.17) is 0 Å². The Morgan fingerprint density at radius 2 is 2.04 bits per heavy atom. The summed E-state index contributed by atoms with van der Waals surface area (Å²) in [6, 6.07) is 1.91. The molecule has 2 aromatic heterocycles. The molecule has 1 saturated heterocycles. The second-order valence-electron chi connectivity index (χ2n) is 7.32. The van der Waals surface area contributed by atoms with Crippen LogP contribution in [-0.4, -0.2) is 49.7 Å². The SMILES string of the molecule is Cc1cc(C(=O)N2CC(C)CC(C(=O)O)C2)c2cnn(C(C)C)c2n1. The van der Waals surface area contributed by atoms with Crippen molar-refractivity contribution in [1.29, 1.82) is 0 Å². The lowest BCUT2D eigenvalue weighted by atomic mass is 9.90. The molecule has 0 bridgehead atoms. The van der Waals surface area contributed by atoms with Gasteiger partial charge in [0.2, 0.25) is 0 Å². The quantitative estimate of drug-likeness (QED) is 0.924. The number of amides is 1. The fraction of sp³-hybridized carbons (Fsp3) is 0.556. The highest BCUT2D eigenvalue weighted by Crippen LogP contribution is 2.26. The summed E-state index contributed by atoms with van der Waals surface area (Å²) in [5, 5.41) is 14.4. The number of pyridine rings is 1. The summed E-state index contributed by atoms with van der Waals surface area (Å²) in [7, 11) is 0. The van der Waals surface area contributed by atoms with Gasteiger partial charge in [-0.25, -0.2) is 9.67 Å². The molecule has 1 aliphatic rings. The van der Waals surface area contributed by atoms with Gasteiger partial charge in [0.15, 0.2) is 5.65 Å². The van der Waals surface area contributed by atoms with Gasteiger partial charge in [-0.15, -0.1) is 0 Å². The second kappa shape index (κ2) is 6.46. The predicted molar refractivity (Wildman–Crippen MR) is 93.5 cm³/mol. The zero-order valence-corrected chi connectivity index (χ0v) is 15.1. The zero-order valence-electron chi connectivity index (χ0n) is 15.1. The van der Waals surface area contributed by atoms with Crippen LogP contribution in [0.2, 0.25) is 0 Å². The van der Waals surface area contributed by atoms with Crippen LogP contribution in [0.5, 0.6) is 0 Å². The summed E-state index contributed by atoms with van der Waals surface area (Å²) in [4.78, 5) is 30.7. The number of carboxylic acid groups (broad SMARTS) is 1. The van der Waals surface area contributed by atoms with E-state index in [1.807, 2.05) is 27.7 Å². The van der Waals surface area contributed by atoms with Gasteiger partial charge in [-0.3, -0.25) is 9.59 Å². The minimum absolute atomic E-state index is 0.140. The molecule has 3 heterocycles. The van der Waals surface area contributed by atoms with Crippen LogP contribution in [0.4, 0.5) is 0 Å². The van der Waals surface area contributed by atoms with Gasteiger partial charge in [-0.1, -0.05) is 6.92 Å². The van der Waals surface area contributed by atoms with Gasteiger partial charge < -0.3 is 10.0 Å². The van der Waals surface area contributed by atoms with Gasteiger partial charge in [0, 0.05) is 24.8 Å². The van der Waals surface area contributed by atoms with Crippen molar-refractivity contribution >= 4 is 22.9 Å². The lowest BCUT2D eigenvalue weighted by molar-refractivity contribution is -0.143. The number of nitrogens with zero attached hydrogens (tertiary/aromatic N) is 4. The number of hydrogen-bond donors (Lipinski definition) is 1. The molecule has 2 unspecified atom stereocenters. The van der Waals surface area contributed by atoms with Crippen molar-refractivity contribution in [2.75, 3.05) is 13.1 Å². The third-order valence-electron chi connectivity index (χ3n) is 4.71. The molecule has 1 fully saturated rings. The number of aromatic nitrogens is 3. The van der Waals surface area contributed by atoms with E-state index < -0.39 is 11.9 Å². The molecule has 134 valence electrons. The van der Waals surface area contributed by atoms with E-state index in [1.165, 1.54) is 0 Å². The Balaban J connectivity index is 2.01. The molecule has 2 aromatic rings. The molecular weight excluding hydrogens is 320 g/mol. The van der Waals surface area contributed by atoms with Crippen LogP contribution >= 0.6 is 0 Å². The molecule has 25 heavy (non-hydrogen) atoms. The van der Waals surface area contributed by atoms with Crippen molar-refractivity contribution in [3.63, 3.8) is 0 Å². The van der Waals surface area contributed by atoms with Crippen molar-refractivity contribution in [2.45, 2.75) is 40.2 Å². The summed E-state index contributed by atoms with van der Waals surface area (Å²) in [5.41, 5.74) is 1.99. The fourth-order valence-corrected chi connectivity index (χ4v) is 3.56. The molecule has 1 aliphatic heterocycles. The third-order valence-corrected chi connectivity index (χ3v) is 4.71. The standard InChI is InChI=1S/C18H24N4O3/c1-10(2)22-16-15(7-19-22)14(6-12(4)20-16)17(23)21-8-11(3)5-13(9-21)18(24)25/h6-7,10-11,13H,5,8-9H2,1-4H3,(H,24,25). The minimum atomic E-state index is -0.840. The maximum Gasteiger partial charge on any atom is 0.308 e. The molecule has 0 aliphatic carbocycles. The number of fused-ring (bicyclic) bond motifs is 1. The topological polar surface area (TPSA) is 88.3 Å². The first kappa shape index (κ1) is 17.4. The molecular formula is C18H24N4O3. The first-order valence-corrected chi connectivity index (χ1v) is 8.64. The van der Waals surface area contributed by atoms with E-state index >= 15 is 0 Å². The predicted octanol–water partition coefficient (Wildman–Crippen LogP) is 2.50. The number of aliphatic carboxylic acids is 1. The smallest absolute Gasteiger partial charge is 0.308 e. The lowest BCUT2D eigenvalue weighted by Crippen LogP contribution is -2.45. The molecule has 0 spiro atoms. The lowest BCUT2D eigenvalue weighted by Gasteiger charge is -2.34. The Bertz CT molecular complexity index is 827. The average Bonchev–Trinajstić information content (AvgIpc) is 2.96. The Morgan fingerprint density at radius 3 is 2.68 bits per heavy atom. The van der Waals surface area contributed by atoms with Gasteiger partial charge in [0.1, 0.15) is 0 Å². The number of piperidine rings is 1. The molecule has 1 N–H and O–H groups in total. The molecule has 1 amide bonds. The Morgan fingerprint density at radius 1 is 1.32 bits per heavy atom. The number of likely N-dealkylation sites (tertiary alicyclic amines) is 1. The highest BCUT2D eigenvalue weighted by Gasteiger charge is 2.33. The maximum absolute atomic E-state index is 13.1. The summed E-state index contributed by atoms with van der Waals surface area (Å²) in [6.07, 6.45) is 2.28. The zero-order chi connectivity index (χ0) is 18.3. The molecule has 3 rings (SSSR count). The van der Waals surface area contributed by atoms with Crippen LogP contribution < -0.4 is 0 Å². The van der Waals surface area contributed by atoms with E-state index in [-0.39, 0.29) is 24.4 Å². The largest absolute Gasteiger partial charge is 0.481 e. The summed E-state index contributed by atoms with van der Waals surface area (Å²) in [6.45, 7) is 8.69. The van der Waals surface area contributed by atoms with Crippen molar-refractivity contribution in [2.24, 2.45) is 11.8 Å². The second-order valence-corrected chi connectivity index (χ2v) is 7.32. The maximum atomic E-state index is 13.1. The molecule has 0 radical (unpaired) electrons. The number of hydrogen-bond acceptors (Lipinski definition) is 4. The number of aryl methyl sites for hydroxylation is 1. The monoisotopic (exact) mass is 344 g/mol. The van der Waals surface area contributed by atoms with Crippen molar-refractivity contribution in [1.82, 2.24) is 19.7 Å². The van der Waals surface area contributed by atoms with Gasteiger partial charge in [0.05, 0.1) is 23.1 Å². The number of carboxylic acids is 1. The molecule has 0 aromatic carbocycles. The van der Waals surface area contributed by atoms with Gasteiger partial charge in [0.25, 0.3) is 5.91 Å². The normalized spacial score (nSPS) is 21.1. The number of carbonyl (C=O) groups is 2. The van der Waals surface area contributed by atoms with Crippen LogP contribution in [0.3, 0.4) is 0 Å². The first-order valence-electron chi connectivity index (χ1n) is 8.64. The van der Waals surface area contributed by atoms with Crippen LogP contribution in [0.25, 0.3) is 11.0 Å².